The van der Waals surface area contributed by atoms with Gasteiger partial charge in [-0.3, -0.25) is 4.79 Å². The second kappa shape index (κ2) is 9.22. The predicted octanol–water partition coefficient (Wildman–Crippen LogP) is 3.61. The van der Waals surface area contributed by atoms with Crippen molar-refractivity contribution >= 4 is 23.6 Å². The smallest absolute Gasteiger partial charge is 0.341 e. The minimum atomic E-state index is -0.850. The highest BCUT2D eigenvalue weighted by Crippen LogP contribution is 2.29. The fourth-order valence-corrected chi connectivity index (χ4v) is 2.89. The molecule has 0 saturated carbocycles. The van der Waals surface area contributed by atoms with Gasteiger partial charge in [0, 0.05) is 17.6 Å². The number of nitrogens with one attached hydrogen (secondary N) is 1. The summed E-state index contributed by atoms with van der Waals surface area (Å²) in [4.78, 5) is 29.6. The van der Waals surface area contributed by atoms with Crippen LogP contribution in [0.15, 0.2) is 52.5 Å². The highest BCUT2D eigenvalue weighted by Gasteiger charge is 2.21. The molecule has 132 valence electrons. The first-order valence-electron chi connectivity index (χ1n) is 8.19. The molecule has 0 saturated heterocycles. The highest BCUT2D eigenvalue weighted by molar-refractivity contribution is 7.99. The number of ether oxygens (including phenoxy) is 1. The van der Waals surface area contributed by atoms with Gasteiger partial charge in [-0.25, -0.2) is 9.78 Å². The van der Waals surface area contributed by atoms with Crippen molar-refractivity contribution in [2.45, 2.75) is 43.2 Å². The molecule has 1 amide bonds. The highest BCUT2D eigenvalue weighted by atomic mass is 32.2. The molecule has 0 fully saturated rings. The molecule has 0 unspecified atom stereocenters. The standard InChI is InChI=1S/C19H22N2O3S/c1-4-11-20-17(22)14(3)24-19(23)16-6-5-12-21-18(16)25-15-9-7-13(2)8-10-15/h5-10,12,14H,4,11H2,1-3H3,(H,20,22)/t14-/m1/s1. The largest absolute Gasteiger partial charge is 0.449 e. The summed E-state index contributed by atoms with van der Waals surface area (Å²) in [6.45, 7) is 6.10. The maximum Gasteiger partial charge on any atom is 0.341 e. The Hall–Kier alpha value is -2.34. The van der Waals surface area contributed by atoms with Crippen LogP contribution in [0.3, 0.4) is 0 Å². The number of aryl methyl sites for hydroxylation is 1. The summed E-state index contributed by atoms with van der Waals surface area (Å²) in [5.41, 5.74) is 1.51. The van der Waals surface area contributed by atoms with Crippen LogP contribution in [0.4, 0.5) is 0 Å². The average molecular weight is 358 g/mol. The number of esters is 1. The Kier molecular flexibility index (Phi) is 7.01. The Bertz CT molecular complexity index is 732. The van der Waals surface area contributed by atoms with Gasteiger partial charge in [-0.1, -0.05) is 36.4 Å². The van der Waals surface area contributed by atoms with E-state index in [0.717, 1.165) is 16.9 Å². The molecule has 0 bridgehead atoms. The molecule has 1 aromatic carbocycles. The number of aromatic nitrogens is 1. The molecule has 0 aliphatic rings. The number of carbonyl (C=O) groups excluding carboxylic acids is 2. The lowest BCUT2D eigenvalue weighted by molar-refractivity contribution is -0.129. The van der Waals surface area contributed by atoms with Gasteiger partial charge < -0.3 is 10.1 Å². The van der Waals surface area contributed by atoms with Gasteiger partial charge in [-0.05, 0) is 44.5 Å². The maximum absolute atomic E-state index is 12.4. The lowest BCUT2D eigenvalue weighted by Gasteiger charge is -2.14. The Morgan fingerprint density at radius 3 is 2.64 bits per heavy atom. The number of amides is 1. The first-order valence-corrected chi connectivity index (χ1v) is 9.01. The molecule has 1 atom stereocenters. The number of carbonyl (C=O) groups is 2. The summed E-state index contributed by atoms with van der Waals surface area (Å²) in [5.74, 6) is -0.853. The van der Waals surface area contributed by atoms with Crippen molar-refractivity contribution in [1.82, 2.24) is 10.3 Å². The molecule has 0 aliphatic carbocycles. The molecular weight excluding hydrogens is 336 g/mol. The quantitative estimate of drug-likeness (QED) is 0.766. The minimum Gasteiger partial charge on any atom is -0.449 e. The molecule has 0 aliphatic heterocycles. The molecule has 0 spiro atoms. The van der Waals surface area contributed by atoms with Gasteiger partial charge in [-0.2, -0.15) is 0 Å². The fourth-order valence-electron chi connectivity index (χ4n) is 2.01. The van der Waals surface area contributed by atoms with Crippen LogP contribution < -0.4 is 5.32 Å². The molecule has 6 heteroatoms. The monoisotopic (exact) mass is 358 g/mol. The van der Waals surface area contributed by atoms with E-state index in [1.807, 2.05) is 38.1 Å². The third-order valence-electron chi connectivity index (χ3n) is 3.43. The number of benzene rings is 1. The van der Waals surface area contributed by atoms with E-state index in [9.17, 15) is 9.59 Å². The molecule has 2 aromatic rings. The lowest BCUT2D eigenvalue weighted by atomic mass is 10.2. The fraction of sp³-hybridized carbons (Fsp3) is 0.316. The van der Waals surface area contributed by atoms with Crippen molar-refractivity contribution in [3.63, 3.8) is 0 Å². The van der Waals surface area contributed by atoms with Crippen LogP contribution in [0.2, 0.25) is 0 Å². The first kappa shape index (κ1) is 19.0. The number of hydrogen-bond donors (Lipinski definition) is 1. The van der Waals surface area contributed by atoms with E-state index in [2.05, 4.69) is 10.3 Å². The zero-order valence-corrected chi connectivity index (χ0v) is 15.4. The summed E-state index contributed by atoms with van der Waals surface area (Å²) in [5, 5.41) is 3.26. The Morgan fingerprint density at radius 1 is 1.24 bits per heavy atom. The normalized spacial score (nSPS) is 11.6. The Morgan fingerprint density at radius 2 is 1.96 bits per heavy atom. The van der Waals surface area contributed by atoms with E-state index in [1.165, 1.54) is 11.8 Å². The van der Waals surface area contributed by atoms with Gasteiger partial charge in [-0.15, -0.1) is 0 Å². The van der Waals surface area contributed by atoms with Crippen LogP contribution in [0.1, 0.15) is 36.2 Å². The van der Waals surface area contributed by atoms with Crippen molar-refractivity contribution in [2.24, 2.45) is 0 Å². The number of hydrogen-bond acceptors (Lipinski definition) is 5. The van der Waals surface area contributed by atoms with Crippen LogP contribution >= 0.6 is 11.8 Å². The zero-order valence-electron chi connectivity index (χ0n) is 14.6. The van der Waals surface area contributed by atoms with Crippen molar-refractivity contribution in [3.8, 4) is 0 Å². The molecular formula is C19H22N2O3S. The van der Waals surface area contributed by atoms with Crippen molar-refractivity contribution in [2.75, 3.05) is 6.54 Å². The second-order valence-corrected chi connectivity index (χ2v) is 6.67. The molecule has 1 aromatic heterocycles. The SMILES string of the molecule is CCCNC(=O)[C@@H](C)OC(=O)c1cccnc1Sc1ccc(C)cc1. The van der Waals surface area contributed by atoms with E-state index in [0.29, 0.717) is 17.1 Å². The first-order chi connectivity index (χ1) is 12.0. The van der Waals surface area contributed by atoms with Crippen LogP contribution in [0, 0.1) is 6.92 Å². The maximum atomic E-state index is 12.4. The molecule has 25 heavy (non-hydrogen) atoms. The Balaban J connectivity index is 2.09. The van der Waals surface area contributed by atoms with Gasteiger partial charge in [0.25, 0.3) is 5.91 Å². The van der Waals surface area contributed by atoms with E-state index < -0.39 is 12.1 Å². The predicted molar refractivity (Wildman–Crippen MR) is 97.7 cm³/mol. The molecule has 5 nitrogen and oxygen atoms in total. The van der Waals surface area contributed by atoms with Gasteiger partial charge in [0.1, 0.15) is 5.03 Å². The summed E-state index contributed by atoms with van der Waals surface area (Å²) in [6.07, 6.45) is 1.60. The van der Waals surface area contributed by atoms with Crippen LogP contribution in [-0.4, -0.2) is 29.5 Å². The molecule has 1 heterocycles. The van der Waals surface area contributed by atoms with Crippen molar-refractivity contribution < 1.29 is 14.3 Å². The van der Waals surface area contributed by atoms with Crippen molar-refractivity contribution in [3.05, 3.63) is 53.7 Å². The van der Waals surface area contributed by atoms with Crippen LogP contribution in [0.5, 0.6) is 0 Å². The molecule has 2 rings (SSSR count). The average Bonchev–Trinajstić information content (AvgIpc) is 2.61. The van der Waals surface area contributed by atoms with Gasteiger partial charge in [0.05, 0.1) is 5.56 Å². The summed E-state index contributed by atoms with van der Waals surface area (Å²) in [6, 6.07) is 11.3. The summed E-state index contributed by atoms with van der Waals surface area (Å²) >= 11 is 1.39. The topological polar surface area (TPSA) is 68.3 Å². The van der Waals surface area contributed by atoms with E-state index in [-0.39, 0.29) is 5.91 Å². The lowest BCUT2D eigenvalue weighted by Crippen LogP contribution is -2.36. The van der Waals surface area contributed by atoms with Gasteiger partial charge in [0.15, 0.2) is 6.10 Å². The third-order valence-corrected chi connectivity index (χ3v) is 4.46. The van der Waals surface area contributed by atoms with E-state index in [1.54, 1.807) is 25.3 Å². The third kappa shape index (κ3) is 5.60. The van der Waals surface area contributed by atoms with Gasteiger partial charge in [0.2, 0.25) is 0 Å². The van der Waals surface area contributed by atoms with E-state index >= 15 is 0 Å². The number of nitrogens with zero attached hydrogens (tertiary/aromatic N) is 1. The number of pyridine rings is 1. The van der Waals surface area contributed by atoms with Crippen LogP contribution in [0.25, 0.3) is 0 Å². The van der Waals surface area contributed by atoms with Crippen molar-refractivity contribution in [1.29, 1.82) is 0 Å². The second-order valence-electron chi connectivity index (χ2n) is 5.61. The van der Waals surface area contributed by atoms with Crippen LogP contribution in [-0.2, 0) is 9.53 Å². The summed E-state index contributed by atoms with van der Waals surface area (Å²) < 4.78 is 5.29. The molecule has 1 N–H and O–H groups in total. The number of rotatable bonds is 7. The zero-order chi connectivity index (χ0) is 18.2. The van der Waals surface area contributed by atoms with E-state index in [4.69, 9.17) is 4.74 Å². The molecule has 0 radical (unpaired) electrons. The van der Waals surface area contributed by atoms with Gasteiger partial charge >= 0.3 is 5.97 Å². The minimum absolute atomic E-state index is 0.299. The summed E-state index contributed by atoms with van der Waals surface area (Å²) in [7, 11) is 0. The Labute approximate surface area is 152 Å².